The molecule has 2 bridgehead atoms. The van der Waals surface area contributed by atoms with Gasteiger partial charge in [-0.05, 0) is 72.3 Å². The Kier molecular flexibility index (Phi) is 7.81. The number of hydrogen-bond donors (Lipinski definition) is 3. The molecule has 2 aliphatic rings. The first-order chi connectivity index (χ1) is 19.0. The maximum atomic E-state index is 13.7. The number of nitrogens with zero attached hydrogens (tertiary/aromatic N) is 2. The zero-order valence-electron chi connectivity index (χ0n) is 24.1. The second kappa shape index (κ2) is 11.0. The lowest BCUT2D eigenvalue weighted by molar-refractivity contribution is -0.119. The van der Waals surface area contributed by atoms with Crippen LogP contribution in [0.1, 0.15) is 74.1 Å². The van der Waals surface area contributed by atoms with E-state index in [2.05, 4.69) is 67.9 Å². The van der Waals surface area contributed by atoms with Crippen LogP contribution in [-0.2, 0) is 17.9 Å². The third-order valence-corrected chi connectivity index (χ3v) is 9.50. The topological polar surface area (TPSA) is 88.1 Å². The number of fused-ring (bicyclic) bond motifs is 2. The van der Waals surface area contributed by atoms with E-state index in [1.54, 1.807) is 0 Å². The van der Waals surface area contributed by atoms with E-state index >= 15 is 0 Å². The molecule has 212 valence electrons. The van der Waals surface area contributed by atoms with E-state index in [1.807, 2.05) is 28.9 Å². The first-order valence-corrected chi connectivity index (χ1v) is 14.5. The number of carbonyl (C=O) groups is 2. The van der Waals surface area contributed by atoms with Crippen molar-refractivity contribution in [2.45, 2.75) is 73.0 Å². The van der Waals surface area contributed by atoms with E-state index in [9.17, 15) is 9.59 Å². The normalized spacial score (nSPS) is 22.9. The second-order valence-corrected chi connectivity index (χ2v) is 12.9. The number of hydrogen-bond acceptors (Lipinski definition) is 4. The molecule has 2 saturated carbocycles. The van der Waals surface area contributed by atoms with Crippen LogP contribution in [-0.4, -0.2) is 34.3 Å². The molecule has 8 heteroatoms. The van der Waals surface area contributed by atoms with Crippen LogP contribution in [0.5, 0.6) is 0 Å². The van der Waals surface area contributed by atoms with Gasteiger partial charge in [0.1, 0.15) is 0 Å². The van der Waals surface area contributed by atoms with Gasteiger partial charge < -0.3 is 10.6 Å². The quantitative estimate of drug-likeness (QED) is 0.231. The molecule has 0 saturated heterocycles. The standard InChI is InChI=1S/C32H40ClN5O2/c1-20-6-8-22(9-7-20)18-38-28(23-10-11-26(33)24(14-23)17-34-19-35-21(2)39)15-27(37-38)29(40)36-30-31(3,4)25-12-13-32(30,5)16-25/h6-11,14-15,25,30,34H,12-13,16-19H2,1-5H3,(H,35,39)(H,36,40). The van der Waals surface area contributed by atoms with Crippen LogP contribution in [0.25, 0.3) is 11.3 Å². The van der Waals surface area contributed by atoms with Crippen molar-refractivity contribution in [1.82, 2.24) is 25.7 Å². The zero-order chi connectivity index (χ0) is 28.7. The summed E-state index contributed by atoms with van der Waals surface area (Å²) in [5, 5.41) is 14.8. The lowest BCUT2D eigenvalue weighted by atomic mass is 9.68. The number of benzene rings is 2. The summed E-state index contributed by atoms with van der Waals surface area (Å²) in [6, 6.07) is 16.2. The third kappa shape index (κ3) is 5.68. The minimum absolute atomic E-state index is 0.0608. The monoisotopic (exact) mass is 561 g/mol. The van der Waals surface area contributed by atoms with Crippen LogP contribution >= 0.6 is 11.6 Å². The number of aromatic nitrogens is 2. The Morgan fingerprint density at radius 1 is 1.10 bits per heavy atom. The summed E-state index contributed by atoms with van der Waals surface area (Å²) in [4.78, 5) is 24.9. The van der Waals surface area contributed by atoms with E-state index < -0.39 is 0 Å². The maximum absolute atomic E-state index is 13.7. The van der Waals surface area contributed by atoms with Crippen molar-refractivity contribution >= 4 is 23.4 Å². The molecular weight excluding hydrogens is 522 g/mol. The molecule has 0 spiro atoms. The predicted octanol–water partition coefficient (Wildman–Crippen LogP) is 5.69. The molecule has 40 heavy (non-hydrogen) atoms. The highest BCUT2D eigenvalue weighted by Gasteiger charge is 2.59. The Hall–Kier alpha value is -3.16. The SMILES string of the molecule is CC(=O)NCNCc1cc(-c2cc(C(=O)NC3C4(C)CCC(C4)C3(C)C)nn2Cc2ccc(C)cc2)ccc1Cl. The van der Waals surface area contributed by atoms with Crippen LogP contribution in [0.15, 0.2) is 48.5 Å². The van der Waals surface area contributed by atoms with Gasteiger partial charge in [-0.25, -0.2) is 0 Å². The highest BCUT2D eigenvalue weighted by Crippen LogP contribution is 2.62. The van der Waals surface area contributed by atoms with Crippen LogP contribution < -0.4 is 16.0 Å². The molecule has 1 heterocycles. The van der Waals surface area contributed by atoms with Gasteiger partial charge >= 0.3 is 0 Å². The Labute approximate surface area is 242 Å². The van der Waals surface area contributed by atoms with Gasteiger partial charge in [-0.15, -0.1) is 0 Å². The molecule has 0 radical (unpaired) electrons. The summed E-state index contributed by atoms with van der Waals surface area (Å²) in [5.74, 6) is 0.423. The van der Waals surface area contributed by atoms with Crippen molar-refractivity contribution < 1.29 is 9.59 Å². The van der Waals surface area contributed by atoms with Crippen LogP contribution in [0.2, 0.25) is 5.02 Å². The van der Waals surface area contributed by atoms with E-state index in [1.165, 1.54) is 25.3 Å². The van der Waals surface area contributed by atoms with Crippen LogP contribution in [0.3, 0.4) is 0 Å². The first kappa shape index (κ1) is 28.4. The van der Waals surface area contributed by atoms with E-state index in [4.69, 9.17) is 16.7 Å². The van der Waals surface area contributed by atoms with Gasteiger partial charge in [0.05, 0.1) is 18.9 Å². The number of aryl methyl sites for hydroxylation is 1. The van der Waals surface area contributed by atoms with E-state index in [0.717, 1.165) is 28.8 Å². The van der Waals surface area contributed by atoms with Crippen molar-refractivity contribution in [3.05, 3.63) is 75.9 Å². The van der Waals surface area contributed by atoms with Crippen molar-refractivity contribution in [2.24, 2.45) is 16.7 Å². The largest absolute Gasteiger partial charge is 0.347 e. The second-order valence-electron chi connectivity index (χ2n) is 12.5. The average Bonchev–Trinajstić information content (AvgIpc) is 3.56. The lowest BCUT2D eigenvalue weighted by Gasteiger charge is -2.42. The Morgan fingerprint density at radius 2 is 1.85 bits per heavy atom. The van der Waals surface area contributed by atoms with Crippen molar-refractivity contribution in [1.29, 1.82) is 0 Å². The van der Waals surface area contributed by atoms with Gasteiger partial charge in [0.2, 0.25) is 5.91 Å². The predicted molar refractivity (Wildman–Crippen MR) is 159 cm³/mol. The molecule has 2 aliphatic carbocycles. The summed E-state index contributed by atoms with van der Waals surface area (Å²) in [6.45, 7) is 11.8. The number of halogens is 1. The van der Waals surface area contributed by atoms with Gasteiger partial charge in [0, 0.05) is 30.1 Å². The zero-order valence-corrected chi connectivity index (χ0v) is 24.9. The fourth-order valence-electron chi connectivity index (χ4n) is 6.87. The average molecular weight is 562 g/mol. The molecule has 3 atom stereocenters. The third-order valence-electron chi connectivity index (χ3n) is 9.13. The fraction of sp³-hybridized carbons (Fsp3) is 0.469. The molecule has 3 aromatic rings. The molecule has 3 N–H and O–H groups in total. The molecule has 5 rings (SSSR count). The number of rotatable bonds is 9. The van der Waals surface area contributed by atoms with E-state index in [-0.39, 0.29) is 28.7 Å². The molecule has 0 aliphatic heterocycles. The molecule has 1 aromatic heterocycles. The van der Waals surface area contributed by atoms with Gasteiger partial charge in [0.25, 0.3) is 5.91 Å². The van der Waals surface area contributed by atoms with Crippen molar-refractivity contribution in [3.8, 4) is 11.3 Å². The van der Waals surface area contributed by atoms with Gasteiger partial charge in [-0.2, -0.15) is 5.10 Å². The maximum Gasteiger partial charge on any atom is 0.272 e. The summed E-state index contributed by atoms with van der Waals surface area (Å²) >= 11 is 6.52. The van der Waals surface area contributed by atoms with Crippen LogP contribution in [0, 0.1) is 23.7 Å². The summed E-state index contributed by atoms with van der Waals surface area (Å²) in [6.07, 6.45) is 3.56. The number of amides is 2. The number of carbonyl (C=O) groups excluding carboxylic acids is 2. The fourth-order valence-corrected chi connectivity index (χ4v) is 7.05. The Balaban J connectivity index is 1.44. The van der Waals surface area contributed by atoms with Gasteiger partial charge in [0.15, 0.2) is 5.69 Å². The minimum Gasteiger partial charge on any atom is -0.347 e. The summed E-state index contributed by atoms with van der Waals surface area (Å²) < 4.78 is 1.91. The Morgan fingerprint density at radius 3 is 2.52 bits per heavy atom. The molecule has 2 amide bonds. The molecule has 2 fully saturated rings. The Bertz CT molecular complexity index is 1410. The molecule has 2 aromatic carbocycles. The van der Waals surface area contributed by atoms with Gasteiger partial charge in [-0.3, -0.25) is 19.6 Å². The highest BCUT2D eigenvalue weighted by molar-refractivity contribution is 6.31. The lowest BCUT2D eigenvalue weighted by Crippen LogP contribution is -2.52. The molecule has 3 unspecified atom stereocenters. The smallest absolute Gasteiger partial charge is 0.272 e. The first-order valence-electron chi connectivity index (χ1n) is 14.1. The number of nitrogens with one attached hydrogen (secondary N) is 3. The van der Waals surface area contributed by atoms with Crippen molar-refractivity contribution in [2.75, 3.05) is 6.67 Å². The van der Waals surface area contributed by atoms with E-state index in [0.29, 0.717) is 36.4 Å². The minimum atomic E-state index is -0.123. The van der Waals surface area contributed by atoms with Crippen molar-refractivity contribution in [3.63, 3.8) is 0 Å². The summed E-state index contributed by atoms with van der Waals surface area (Å²) in [5.41, 5.74) is 5.59. The molecule has 7 nitrogen and oxygen atoms in total. The highest BCUT2D eigenvalue weighted by atomic mass is 35.5. The summed E-state index contributed by atoms with van der Waals surface area (Å²) in [7, 11) is 0. The van der Waals surface area contributed by atoms with Gasteiger partial charge in [-0.1, -0.05) is 68.3 Å². The molecular formula is C32H40ClN5O2. The van der Waals surface area contributed by atoms with Crippen LogP contribution in [0.4, 0.5) is 0 Å².